The number of halogens is 1. The number of nitrogens with zero attached hydrogens (tertiary/aromatic N) is 1. The maximum atomic E-state index is 11.4. The molecule has 3 aliphatic rings. The summed E-state index contributed by atoms with van der Waals surface area (Å²) in [6.07, 6.45) is 14.6. The van der Waals surface area contributed by atoms with Crippen molar-refractivity contribution in [2.75, 3.05) is 23.0 Å². The average molecular weight is 839 g/mol. The van der Waals surface area contributed by atoms with Crippen LogP contribution < -0.4 is 4.90 Å². The monoisotopic (exact) mass is 837 g/mol. The molecular formula is C48H52ClNO6S2-2. The summed E-state index contributed by atoms with van der Waals surface area (Å²) in [4.78, 5) is 2.31. The van der Waals surface area contributed by atoms with Crippen molar-refractivity contribution in [3.05, 3.63) is 141 Å². The lowest BCUT2D eigenvalue weighted by molar-refractivity contribution is 0.413. The molecule has 58 heavy (non-hydrogen) atoms. The van der Waals surface area contributed by atoms with Crippen LogP contribution in [0.1, 0.15) is 95.8 Å². The highest BCUT2D eigenvalue weighted by atomic mass is 35.5. The lowest BCUT2D eigenvalue weighted by Gasteiger charge is -2.44. The molecule has 0 N–H and O–H groups in total. The second kappa shape index (κ2) is 16.6. The largest absolute Gasteiger partial charge is 0.748 e. The third-order valence-electron chi connectivity index (χ3n) is 12.2. The van der Waals surface area contributed by atoms with E-state index in [1.165, 1.54) is 49.4 Å². The standard InChI is InChI=1S/C48H54ClNO6S2/c1-47(2)32-41-37-18-7-5-14-33(37)23-27-43(41)50(29-10-12-31-58(54,55)56)44(47)28-24-36-17-13-16-35(46(36)49)22-26-42-39(20-9-11-30-57(51,52)53)40-25-21-34-15-6-8-19-38(34)45(40)48(42,3)4/h5-8,14-15,18-19,21-28H,9-13,16-17,20,29-32H2,1-4H3,(H,51,52,53)(H,54,55,56)/p-2/b26-22+,36-24+,44-28+. The zero-order valence-corrected chi connectivity index (χ0v) is 36.2. The molecule has 0 radical (unpaired) electrons. The topological polar surface area (TPSA) is 118 Å². The molecule has 0 fully saturated rings. The Morgan fingerprint density at radius 1 is 0.741 bits per heavy atom. The van der Waals surface area contributed by atoms with Gasteiger partial charge in [-0.1, -0.05) is 124 Å². The number of anilines is 1. The summed E-state index contributed by atoms with van der Waals surface area (Å²) in [6, 6.07) is 25.5. The first-order chi connectivity index (χ1) is 27.4. The quantitative estimate of drug-likeness (QED) is 0.0972. The molecule has 7 nitrogen and oxygen atoms in total. The number of fused-ring (bicyclic) bond motifs is 6. The Balaban J connectivity index is 1.24. The van der Waals surface area contributed by atoms with Crippen molar-refractivity contribution in [2.24, 2.45) is 5.41 Å². The molecule has 0 unspecified atom stereocenters. The summed E-state index contributed by atoms with van der Waals surface area (Å²) in [5, 5.41) is 5.51. The third-order valence-corrected chi connectivity index (χ3v) is 14.3. The predicted molar refractivity (Wildman–Crippen MR) is 237 cm³/mol. The molecule has 2 aliphatic carbocycles. The number of hydrogen-bond donors (Lipinski definition) is 0. The minimum Gasteiger partial charge on any atom is -0.748 e. The van der Waals surface area contributed by atoms with Crippen molar-refractivity contribution >= 4 is 64.6 Å². The number of rotatable bonds is 13. The van der Waals surface area contributed by atoms with Crippen LogP contribution in [0, 0.1) is 5.41 Å². The fraction of sp³-hybridized carbons (Fsp3) is 0.375. The van der Waals surface area contributed by atoms with Gasteiger partial charge >= 0.3 is 0 Å². The molecule has 0 amide bonds. The van der Waals surface area contributed by atoms with Crippen molar-refractivity contribution in [2.45, 2.75) is 90.9 Å². The van der Waals surface area contributed by atoms with Gasteiger partial charge in [-0.15, -0.1) is 0 Å². The van der Waals surface area contributed by atoms with Crippen molar-refractivity contribution in [3.8, 4) is 0 Å². The van der Waals surface area contributed by atoms with E-state index in [0.717, 1.165) is 53.2 Å². The Labute approximate surface area is 349 Å². The minimum atomic E-state index is -4.29. The van der Waals surface area contributed by atoms with Crippen LogP contribution in [0.2, 0.25) is 0 Å². The lowest BCUT2D eigenvalue weighted by atomic mass is 9.76. The minimum absolute atomic E-state index is 0.250. The molecule has 7 rings (SSSR count). The van der Waals surface area contributed by atoms with Gasteiger partial charge < -0.3 is 14.0 Å². The van der Waals surface area contributed by atoms with E-state index >= 15 is 0 Å². The van der Waals surface area contributed by atoms with E-state index in [4.69, 9.17) is 11.6 Å². The van der Waals surface area contributed by atoms with Crippen molar-refractivity contribution in [1.29, 1.82) is 0 Å². The van der Waals surface area contributed by atoms with E-state index in [1.54, 1.807) is 0 Å². The zero-order valence-electron chi connectivity index (χ0n) is 33.8. The van der Waals surface area contributed by atoms with Gasteiger partial charge in [0.1, 0.15) is 0 Å². The molecular weight excluding hydrogens is 786 g/mol. The molecule has 4 aromatic carbocycles. The molecule has 0 atom stereocenters. The first-order valence-corrected chi connectivity index (χ1v) is 23.9. The Bertz CT molecular complexity index is 2650. The van der Waals surface area contributed by atoms with Gasteiger partial charge in [-0.2, -0.15) is 0 Å². The molecule has 4 aromatic rings. The van der Waals surface area contributed by atoms with Crippen LogP contribution in [-0.2, 0) is 32.1 Å². The van der Waals surface area contributed by atoms with Gasteiger partial charge in [0.15, 0.2) is 0 Å². The Morgan fingerprint density at radius 3 is 2.09 bits per heavy atom. The smallest absolute Gasteiger partial charge is 0.0945 e. The van der Waals surface area contributed by atoms with Gasteiger partial charge in [0.25, 0.3) is 0 Å². The van der Waals surface area contributed by atoms with E-state index in [1.807, 2.05) is 12.1 Å². The van der Waals surface area contributed by atoms with E-state index < -0.39 is 20.2 Å². The van der Waals surface area contributed by atoms with E-state index in [-0.39, 0.29) is 22.3 Å². The van der Waals surface area contributed by atoms with Gasteiger partial charge in [-0.3, -0.25) is 0 Å². The summed E-state index contributed by atoms with van der Waals surface area (Å²) in [5.41, 5.74) is 9.83. The first-order valence-electron chi connectivity index (χ1n) is 20.3. The van der Waals surface area contributed by atoms with Crippen LogP contribution in [-0.4, -0.2) is 44.0 Å². The van der Waals surface area contributed by atoms with Crippen LogP contribution >= 0.6 is 11.6 Å². The second-order valence-corrected chi connectivity index (χ2v) is 20.6. The molecule has 306 valence electrons. The predicted octanol–water partition coefficient (Wildman–Crippen LogP) is 11.2. The highest BCUT2D eigenvalue weighted by Gasteiger charge is 2.38. The highest BCUT2D eigenvalue weighted by Crippen LogP contribution is 2.52. The lowest BCUT2D eigenvalue weighted by Crippen LogP contribution is -2.39. The normalized spacial score (nSPS) is 19.6. The molecule has 0 saturated carbocycles. The SMILES string of the molecule is CC1(C)Cc2c(ccc3ccccc23)N(CCCCS(=O)(=O)[O-])/C1=C/C=C1\CCCC(/C=C/C2=C(CCCCS(=O)(=O)[O-])c3ccc4ccccc4c3C2(C)C)=C1Cl. The zero-order chi connectivity index (χ0) is 41.5. The van der Waals surface area contributed by atoms with Crippen molar-refractivity contribution in [3.63, 3.8) is 0 Å². The van der Waals surface area contributed by atoms with Gasteiger partial charge in [0.05, 0.1) is 20.2 Å². The summed E-state index contributed by atoms with van der Waals surface area (Å²) < 4.78 is 68.5. The molecule has 0 saturated heterocycles. The maximum Gasteiger partial charge on any atom is 0.0945 e. The summed E-state index contributed by atoms with van der Waals surface area (Å²) in [7, 11) is -8.57. The van der Waals surface area contributed by atoms with Gasteiger partial charge in [-0.05, 0) is 130 Å². The fourth-order valence-electron chi connectivity index (χ4n) is 9.48. The molecule has 0 aromatic heterocycles. The van der Waals surface area contributed by atoms with E-state index in [0.29, 0.717) is 38.6 Å². The summed E-state index contributed by atoms with van der Waals surface area (Å²) in [6.45, 7) is 9.58. The van der Waals surface area contributed by atoms with Crippen LogP contribution in [0.3, 0.4) is 0 Å². The average Bonchev–Trinajstić information content (AvgIpc) is 3.38. The van der Waals surface area contributed by atoms with E-state index in [2.05, 4.69) is 118 Å². The fourth-order valence-corrected chi connectivity index (χ4v) is 10.9. The molecule has 1 aliphatic heterocycles. The van der Waals surface area contributed by atoms with Gasteiger partial charge in [-0.25, -0.2) is 16.8 Å². The Kier molecular flexibility index (Phi) is 12.0. The Morgan fingerprint density at radius 2 is 1.38 bits per heavy atom. The number of unbranched alkanes of at least 4 members (excludes halogenated alkanes) is 2. The highest BCUT2D eigenvalue weighted by molar-refractivity contribution is 7.85. The molecule has 1 heterocycles. The Hall–Kier alpha value is -3.99. The van der Waals surface area contributed by atoms with Crippen LogP contribution in [0.15, 0.2) is 125 Å². The molecule has 0 spiro atoms. The number of benzene rings is 4. The molecule has 0 bridgehead atoms. The van der Waals surface area contributed by atoms with Gasteiger partial charge in [0, 0.05) is 45.3 Å². The van der Waals surface area contributed by atoms with Crippen molar-refractivity contribution in [1.82, 2.24) is 0 Å². The van der Waals surface area contributed by atoms with Crippen LogP contribution in [0.4, 0.5) is 5.69 Å². The van der Waals surface area contributed by atoms with Gasteiger partial charge in [0.2, 0.25) is 0 Å². The van der Waals surface area contributed by atoms with Crippen molar-refractivity contribution < 1.29 is 25.9 Å². The molecule has 10 heteroatoms. The second-order valence-electron chi connectivity index (χ2n) is 17.2. The third kappa shape index (κ3) is 8.94. The van der Waals surface area contributed by atoms with E-state index in [9.17, 15) is 25.9 Å². The number of allylic oxidation sites excluding steroid dienone is 10. The number of hydrogen-bond acceptors (Lipinski definition) is 7. The summed E-state index contributed by atoms with van der Waals surface area (Å²) >= 11 is 7.30. The van der Waals surface area contributed by atoms with Crippen LogP contribution in [0.25, 0.3) is 27.1 Å². The van der Waals surface area contributed by atoms with Crippen LogP contribution in [0.5, 0.6) is 0 Å². The first kappa shape index (κ1) is 42.1. The summed E-state index contributed by atoms with van der Waals surface area (Å²) in [5.74, 6) is -0.740. The maximum absolute atomic E-state index is 11.4.